The zero-order valence-corrected chi connectivity index (χ0v) is 14.4. The molecule has 1 heterocycles. The number of aromatic amines is 1. The molecule has 0 spiro atoms. The standard InChI is InChI=1S/C22H17FN2O2/c23-18-12-7-13-19-21(18)20(22(24-19)16-10-5-2-6-11-16)17(14-25(26)27)15-8-3-1-4-9-15/h1-13,17,24H,14H2. The first-order valence-corrected chi connectivity index (χ1v) is 8.67. The van der Waals surface area contributed by atoms with E-state index in [0.29, 0.717) is 22.2 Å². The highest BCUT2D eigenvalue weighted by atomic mass is 19.1. The number of fused-ring (bicyclic) bond motifs is 1. The van der Waals surface area contributed by atoms with Gasteiger partial charge in [0.15, 0.2) is 0 Å². The van der Waals surface area contributed by atoms with Crippen molar-refractivity contribution in [2.75, 3.05) is 6.54 Å². The normalized spacial score (nSPS) is 12.2. The predicted molar refractivity (Wildman–Crippen MR) is 104 cm³/mol. The fourth-order valence-corrected chi connectivity index (χ4v) is 3.61. The van der Waals surface area contributed by atoms with Crippen LogP contribution in [0.15, 0.2) is 78.9 Å². The zero-order chi connectivity index (χ0) is 18.8. The molecule has 4 rings (SSSR count). The van der Waals surface area contributed by atoms with Gasteiger partial charge in [0, 0.05) is 21.4 Å². The number of hydrogen-bond acceptors (Lipinski definition) is 2. The van der Waals surface area contributed by atoms with Crippen LogP contribution in [0.5, 0.6) is 0 Å². The maximum absolute atomic E-state index is 14.8. The van der Waals surface area contributed by atoms with E-state index in [0.717, 1.165) is 11.1 Å². The lowest BCUT2D eigenvalue weighted by molar-refractivity contribution is -0.481. The molecule has 1 N–H and O–H groups in total. The van der Waals surface area contributed by atoms with Gasteiger partial charge in [0.1, 0.15) is 5.82 Å². The van der Waals surface area contributed by atoms with Crippen LogP contribution in [0.25, 0.3) is 22.2 Å². The molecule has 0 bridgehead atoms. The smallest absolute Gasteiger partial charge is 0.214 e. The number of rotatable bonds is 5. The van der Waals surface area contributed by atoms with E-state index in [1.165, 1.54) is 6.07 Å². The second kappa shape index (κ2) is 7.03. The number of hydrogen-bond donors (Lipinski definition) is 1. The summed E-state index contributed by atoms with van der Waals surface area (Å²) in [5, 5.41) is 11.9. The predicted octanol–water partition coefficient (Wildman–Crippen LogP) is 5.38. The Morgan fingerprint density at radius 3 is 2.26 bits per heavy atom. The van der Waals surface area contributed by atoms with Gasteiger partial charge in [-0.3, -0.25) is 10.1 Å². The quantitative estimate of drug-likeness (QED) is 0.383. The molecule has 0 amide bonds. The van der Waals surface area contributed by atoms with Crippen LogP contribution in [0.4, 0.5) is 4.39 Å². The van der Waals surface area contributed by atoms with Gasteiger partial charge in [-0.15, -0.1) is 0 Å². The van der Waals surface area contributed by atoms with E-state index in [9.17, 15) is 14.5 Å². The van der Waals surface area contributed by atoms with Crippen molar-refractivity contribution in [1.29, 1.82) is 0 Å². The van der Waals surface area contributed by atoms with Gasteiger partial charge in [0.05, 0.1) is 11.6 Å². The van der Waals surface area contributed by atoms with E-state index < -0.39 is 5.92 Å². The number of nitrogens with zero attached hydrogens (tertiary/aromatic N) is 1. The van der Waals surface area contributed by atoms with Gasteiger partial charge in [0.2, 0.25) is 6.54 Å². The second-order valence-corrected chi connectivity index (χ2v) is 6.42. The Hall–Kier alpha value is -3.47. The van der Waals surface area contributed by atoms with Crippen LogP contribution in [0.1, 0.15) is 17.0 Å². The number of nitro groups is 1. The third-order valence-electron chi connectivity index (χ3n) is 4.76. The van der Waals surface area contributed by atoms with Crippen LogP contribution in [0.2, 0.25) is 0 Å². The van der Waals surface area contributed by atoms with Gasteiger partial charge in [0.25, 0.3) is 0 Å². The topological polar surface area (TPSA) is 58.9 Å². The third kappa shape index (κ3) is 3.19. The molecule has 0 saturated carbocycles. The van der Waals surface area contributed by atoms with E-state index in [-0.39, 0.29) is 17.3 Å². The average molecular weight is 360 g/mol. The van der Waals surface area contributed by atoms with E-state index in [1.807, 2.05) is 60.7 Å². The Bertz CT molecular complexity index is 1090. The van der Waals surface area contributed by atoms with Crippen LogP contribution in [-0.4, -0.2) is 16.5 Å². The molecule has 1 unspecified atom stereocenters. The number of nitrogens with one attached hydrogen (secondary N) is 1. The number of aromatic nitrogens is 1. The lowest BCUT2D eigenvalue weighted by atomic mass is 9.87. The van der Waals surface area contributed by atoms with Crippen molar-refractivity contribution in [3.05, 3.63) is 106 Å². The fraction of sp³-hybridized carbons (Fsp3) is 0.0909. The minimum atomic E-state index is -0.568. The molecule has 3 aromatic carbocycles. The molecule has 0 aliphatic rings. The minimum Gasteiger partial charge on any atom is -0.354 e. The summed E-state index contributed by atoms with van der Waals surface area (Å²) in [5.74, 6) is -0.952. The first-order chi connectivity index (χ1) is 13.1. The number of halogens is 1. The molecule has 1 aromatic heterocycles. The molecule has 134 valence electrons. The van der Waals surface area contributed by atoms with Crippen LogP contribution in [-0.2, 0) is 0 Å². The van der Waals surface area contributed by atoms with Crippen molar-refractivity contribution in [1.82, 2.24) is 4.98 Å². The van der Waals surface area contributed by atoms with E-state index >= 15 is 0 Å². The monoisotopic (exact) mass is 360 g/mol. The van der Waals surface area contributed by atoms with Crippen molar-refractivity contribution < 1.29 is 9.31 Å². The summed E-state index contributed by atoms with van der Waals surface area (Å²) in [4.78, 5) is 14.4. The lowest BCUT2D eigenvalue weighted by Gasteiger charge is -2.16. The summed E-state index contributed by atoms with van der Waals surface area (Å²) >= 11 is 0. The molecule has 0 aliphatic heterocycles. The van der Waals surface area contributed by atoms with Crippen molar-refractivity contribution in [2.45, 2.75) is 5.92 Å². The van der Waals surface area contributed by atoms with Gasteiger partial charge in [-0.25, -0.2) is 4.39 Å². The first kappa shape index (κ1) is 17.0. The molecular formula is C22H17FN2O2. The summed E-state index contributed by atoms with van der Waals surface area (Å²) in [7, 11) is 0. The highest BCUT2D eigenvalue weighted by molar-refractivity contribution is 5.92. The van der Waals surface area contributed by atoms with Crippen LogP contribution < -0.4 is 0 Å². The number of benzene rings is 3. The van der Waals surface area contributed by atoms with Gasteiger partial charge >= 0.3 is 0 Å². The van der Waals surface area contributed by atoms with E-state index in [1.54, 1.807) is 12.1 Å². The van der Waals surface area contributed by atoms with Gasteiger partial charge in [-0.1, -0.05) is 66.7 Å². The molecule has 27 heavy (non-hydrogen) atoms. The van der Waals surface area contributed by atoms with Crippen LogP contribution >= 0.6 is 0 Å². The van der Waals surface area contributed by atoms with Gasteiger partial charge in [-0.2, -0.15) is 0 Å². The largest absolute Gasteiger partial charge is 0.354 e. The maximum atomic E-state index is 14.8. The summed E-state index contributed by atoms with van der Waals surface area (Å²) < 4.78 is 14.8. The molecule has 0 radical (unpaired) electrons. The minimum absolute atomic E-state index is 0.314. The van der Waals surface area contributed by atoms with E-state index in [4.69, 9.17) is 0 Å². The molecule has 4 nitrogen and oxygen atoms in total. The summed E-state index contributed by atoms with van der Waals surface area (Å²) in [6.45, 7) is -0.314. The fourth-order valence-electron chi connectivity index (χ4n) is 3.61. The van der Waals surface area contributed by atoms with Crippen molar-refractivity contribution in [3.63, 3.8) is 0 Å². The first-order valence-electron chi connectivity index (χ1n) is 8.67. The van der Waals surface area contributed by atoms with Crippen LogP contribution in [0, 0.1) is 15.9 Å². The molecule has 0 aliphatic carbocycles. The van der Waals surface area contributed by atoms with Gasteiger partial charge in [-0.05, 0) is 23.3 Å². The second-order valence-electron chi connectivity index (χ2n) is 6.42. The highest BCUT2D eigenvalue weighted by Gasteiger charge is 2.28. The summed E-state index contributed by atoms with van der Waals surface area (Å²) in [6.07, 6.45) is 0. The van der Waals surface area contributed by atoms with Gasteiger partial charge < -0.3 is 4.98 Å². The Kier molecular flexibility index (Phi) is 4.42. The maximum Gasteiger partial charge on any atom is 0.214 e. The van der Waals surface area contributed by atoms with Crippen molar-refractivity contribution in [3.8, 4) is 11.3 Å². The molecular weight excluding hydrogens is 343 g/mol. The lowest BCUT2D eigenvalue weighted by Crippen LogP contribution is -2.14. The highest BCUT2D eigenvalue weighted by Crippen LogP contribution is 2.39. The summed E-state index contributed by atoms with van der Waals surface area (Å²) in [6, 6.07) is 23.6. The molecule has 0 fully saturated rings. The SMILES string of the molecule is O=[N+]([O-])CC(c1ccccc1)c1c(-c2ccccc2)[nH]c2cccc(F)c12. The molecule has 0 saturated heterocycles. The molecule has 4 aromatic rings. The zero-order valence-electron chi connectivity index (χ0n) is 14.4. The van der Waals surface area contributed by atoms with E-state index in [2.05, 4.69) is 4.98 Å². The average Bonchev–Trinajstić information content (AvgIpc) is 3.08. The Morgan fingerprint density at radius 1 is 0.926 bits per heavy atom. The van der Waals surface area contributed by atoms with Crippen LogP contribution in [0.3, 0.4) is 0 Å². The molecule has 1 atom stereocenters. The Balaban J connectivity index is 2.04. The Morgan fingerprint density at radius 2 is 1.59 bits per heavy atom. The number of H-pyrrole nitrogens is 1. The van der Waals surface area contributed by atoms with Crippen molar-refractivity contribution in [2.24, 2.45) is 0 Å². The Labute approximate surface area is 155 Å². The van der Waals surface area contributed by atoms with Crippen molar-refractivity contribution >= 4 is 10.9 Å². The molecule has 5 heteroatoms. The summed E-state index contributed by atoms with van der Waals surface area (Å²) in [5.41, 5.74) is 3.62. The third-order valence-corrected chi connectivity index (χ3v) is 4.76.